The average Bonchev–Trinajstić information content (AvgIpc) is 3.41. The second-order valence-corrected chi connectivity index (χ2v) is 8.45. The Labute approximate surface area is 176 Å². The molecule has 0 fully saturated rings. The predicted octanol–water partition coefficient (Wildman–Crippen LogP) is 2.40. The van der Waals surface area contributed by atoms with Crippen molar-refractivity contribution in [2.45, 2.75) is 19.4 Å². The zero-order valence-corrected chi connectivity index (χ0v) is 17.3. The fraction of sp³-hybridized carbons (Fsp3) is 0.238. The third-order valence-electron chi connectivity index (χ3n) is 5.49. The zero-order chi connectivity index (χ0) is 20.8. The number of thiazole rings is 1. The molecular formula is C21H21N7OS. The lowest BCUT2D eigenvalue weighted by Gasteiger charge is -2.09. The van der Waals surface area contributed by atoms with Crippen molar-refractivity contribution in [2.75, 3.05) is 11.9 Å². The normalized spacial score (nSPS) is 13.4. The monoisotopic (exact) mass is 419 g/mol. The van der Waals surface area contributed by atoms with Gasteiger partial charge in [-0.15, -0.1) is 11.3 Å². The minimum atomic E-state index is -0.121. The van der Waals surface area contributed by atoms with Gasteiger partial charge in [0.05, 0.1) is 17.4 Å². The summed E-state index contributed by atoms with van der Waals surface area (Å²) in [5.74, 6) is 0. The van der Waals surface area contributed by atoms with Gasteiger partial charge in [0, 0.05) is 36.8 Å². The van der Waals surface area contributed by atoms with Crippen LogP contribution in [0.1, 0.15) is 16.1 Å². The predicted molar refractivity (Wildman–Crippen MR) is 121 cm³/mol. The van der Waals surface area contributed by atoms with Crippen molar-refractivity contribution in [3.63, 3.8) is 0 Å². The third-order valence-corrected chi connectivity index (χ3v) is 6.57. The van der Waals surface area contributed by atoms with Crippen LogP contribution in [0.25, 0.3) is 21.3 Å². The standard InChI is InChI=1S/C21H21N7OS/c1-27-18-15(19-20(27)26-17(30-19)9-13(23)5-7-22)10-25-28(21(18)29)11-12-3-2-4-16-14(12)6-8-24-16/h2-5,7,10,23-24H,6,8-9,11,22H2,1H3/b7-5-,23-13?. The van der Waals surface area contributed by atoms with Gasteiger partial charge in [0.15, 0.2) is 5.65 Å². The molecule has 5 rings (SSSR count). The first-order chi connectivity index (χ1) is 14.6. The summed E-state index contributed by atoms with van der Waals surface area (Å²) in [5, 5.41) is 17.4. The largest absolute Gasteiger partial charge is 0.405 e. The van der Waals surface area contributed by atoms with Gasteiger partial charge in [-0.25, -0.2) is 9.67 Å². The van der Waals surface area contributed by atoms with Gasteiger partial charge < -0.3 is 21.0 Å². The first-order valence-corrected chi connectivity index (χ1v) is 10.5. The molecule has 0 bridgehead atoms. The summed E-state index contributed by atoms with van der Waals surface area (Å²) >= 11 is 1.49. The van der Waals surface area contributed by atoms with Gasteiger partial charge in [-0.05, 0) is 35.9 Å². The molecule has 0 amide bonds. The lowest BCUT2D eigenvalue weighted by Crippen LogP contribution is -2.25. The van der Waals surface area contributed by atoms with Crippen LogP contribution in [0.15, 0.2) is 41.5 Å². The minimum absolute atomic E-state index is 0.121. The summed E-state index contributed by atoms with van der Waals surface area (Å²) in [6.45, 7) is 1.37. The molecule has 4 heterocycles. The smallest absolute Gasteiger partial charge is 0.291 e. The molecular weight excluding hydrogens is 398 g/mol. The Balaban J connectivity index is 1.56. The maximum atomic E-state index is 13.3. The summed E-state index contributed by atoms with van der Waals surface area (Å²) in [4.78, 5) is 17.9. The molecule has 0 saturated carbocycles. The molecule has 1 aliphatic heterocycles. The Hall–Kier alpha value is -3.46. The van der Waals surface area contributed by atoms with E-state index in [0.29, 0.717) is 24.2 Å². The van der Waals surface area contributed by atoms with E-state index >= 15 is 0 Å². The van der Waals surface area contributed by atoms with Gasteiger partial charge in [0.25, 0.3) is 5.56 Å². The van der Waals surface area contributed by atoms with Crippen LogP contribution in [0, 0.1) is 5.41 Å². The molecule has 9 heteroatoms. The molecule has 1 aromatic carbocycles. The van der Waals surface area contributed by atoms with Crippen molar-refractivity contribution in [2.24, 2.45) is 12.8 Å². The van der Waals surface area contributed by atoms with Crippen LogP contribution in [-0.2, 0) is 26.4 Å². The van der Waals surface area contributed by atoms with Crippen LogP contribution >= 0.6 is 11.3 Å². The van der Waals surface area contributed by atoms with E-state index in [-0.39, 0.29) is 5.56 Å². The van der Waals surface area contributed by atoms with Gasteiger partial charge in [-0.3, -0.25) is 4.79 Å². The van der Waals surface area contributed by atoms with Crippen LogP contribution < -0.4 is 16.6 Å². The van der Waals surface area contributed by atoms with Crippen LogP contribution in [0.5, 0.6) is 0 Å². The summed E-state index contributed by atoms with van der Waals surface area (Å²) in [5.41, 5.74) is 10.5. The van der Waals surface area contributed by atoms with Crippen LogP contribution in [0.2, 0.25) is 0 Å². The fourth-order valence-electron chi connectivity index (χ4n) is 4.09. The molecule has 0 unspecified atom stereocenters. The number of fused-ring (bicyclic) bond motifs is 4. The third kappa shape index (κ3) is 2.89. The van der Waals surface area contributed by atoms with E-state index < -0.39 is 0 Å². The number of aromatic nitrogens is 4. The maximum Gasteiger partial charge on any atom is 0.291 e. The maximum absolute atomic E-state index is 13.3. The van der Waals surface area contributed by atoms with Gasteiger partial charge in [0.1, 0.15) is 10.5 Å². The van der Waals surface area contributed by atoms with E-state index in [1.165, 1.54) is 27.8 Å². The van der Waals surface area contributed by atoms with Crippen LogP contribution in [0.3, 0.4) is 0 Å². The van der Waals surface area contributed by atoms with Crippen LogP contribution in [0.4, 0.5) is 5.69 Å². The Kier molecular flexibility index (Phi) is 4.39. The van der Waals surface area contributed by atoms with E-state index in [1.807, 2.05) is 17.7 Å². The zero-order valence-electron chi connectivity index (χ0n) is 16.5. The molecule has 0 radical (unpaired) electrons. The molecule has 3 aromatic heterocycles. The highest BCUT2D eigenvalue weighted by atomic mass is 32.1. The minimum Gasteiger partial charge on any atom is -0.405 e. The van der Waals surface area contributed by atoms with Gasteiger partial charge in [-0.2, -0.15) is 5.10 Å². The van der Waals surface area contributed by atoms with Gasteiger partial charge in [-0.1, -0.05) is 12.1 Å². The molecule has 4 aromatic rings. The number of nitrogens with zero attached hydrogens (tertiary/aromatic N) is 4. The first-order valence-electron chi connectivity index (χ1n) is 9.71. The SMILES string of the molecule is Cn1c2nc(CC(=N)/C=C\N)sc2c2cnn(Cc3cccc4c3CCN4)c(=O)c21. The molecule has 30 heavy (non-hydrogen) atoms. The van der Waals surface area contributed by atoms with E-state index in [2.05, 4.69) is 27.5 Å². The molecule has 152 valence electrons. The molecule has 1 aliphatic rings. The molecule has 4 N–H and O–H groups in total. The number of hydrogen-bond donors (Lipinski definition) is 3. The summed E-state index contributed by atoms with van der Waals surface area (Å²) in [7, 11) is 1.86. The van der Waals surface area contributed by atoms with Crippen LogP contribution in [-0.4, -0.2) is 31.6 Å². The van der Waals surface area contributed by atoms with Crippen molar-refractivity contribution in [1.82, 2.24) is 19.3 Å². The molecule has 0 atom stereocenters. The van der Waals surface area contributed by atoms with Crippen molar-refractivity contribution < 1.29 is 0 Å². The highest BCUT2D eigenvalue weighted by molar-refractivity contribution is 7.19. The molecule has 8 nitrogen and oxygen atoms in total. The lowest BCUT2D eigenvalue weighted by molar-refractivity contribution is 0.641. The Bertz CT molecular complexity index is 1390. The fourth-order valence-corrected chi connectivity index (χ4v) is 5.21. The van der Waals surface area contributed by atoms with E-state index in [1.54, 1.807) is 12.3 Å². The number of anilines is 1. The number of nitrogens with two attached hydrogens (primary N) is 1. The van der Waals surface area contributed by atoms with Gasteiger partial charge >= 0.3 is 0 Å². The summed E-state index contributed by atoms with van der Waals surface area (Å²) in [6.07, 6.45) is 6.04. The van der Waals surface area contributed by atoms with Crippen molar-refractivity contribution in [1.29, 1.82) is 5.41 Å². The molecule has 0 spiro atoms. The quantitative estimate of drug-likeness (QED) is 0.430. The lowest BCUT2D eigenvalue weighted by atomic mass is 10.1. The Morgan fingerprint density at radius 2 is 2.30 bits per heavy atom. The number of aryl methyl sites for hydroxylation is 1. The first kappa shape index (κ1) is 18.6. The molecule has 0 aliphatic carbocycles. The van der Waals surface area contributed by atoms with E-state index in [4.69, 9.17) is 11.1 Å². The van der Waals surface area contributed by atoms with Crippen molar-refractivity contribution in [3.8, 4) is 0 Å². The highest BCUT2D eigenvalue weighted by Gasteiger charge is 2.20. The van der Waals surface area contributed by atoms with Crippen molar-refractivity contribution >= 4 is 44.0 Å². The highest BCUT2D eigenvalue weighted by Crippen LogP contribution is 2.31. The topological polar surface area (TPSA) is 115 Å². The van der Waals surface area contributed by atoms with E-state index in [9.17, 15) is 4.79 Å². The number of benzene rings is 1. The summed E-state index contributed by atoms with van der Waals surface area (Å²) < 4.78 is 4.29. The average molecular weight is 420 g/mol. The summed E-state index contributed by atoms with van der Waals surface area (Å²) in [6, 6.07) is 6.15. The Morgan fingerprint density at radius 1 is 1.43 bits per heavy atom. The Morgan fingerprint density at radius 3 is 3.13 bits per heavy atom. The van der Waals surface area contributed by atoms with E-state index in [0.717, 1.165) is 45.0 Å². The second kappa shape index (κ2) is 7.10. The second-order valence-electron chi connectivity index (χ2n) is 7.37. The van der Waals surface area contributed by atoms with Gasteiger partial charge in [0.2, 0.25) is 0 Å². The molecule has 0 saturated heterocycles. The number of rotatable bonds is 5. The number of nitrogens with one attached hydrogen (secondary N) is 2. The number of allylic oxidation sites excluding steroid dienone is 1. The van der Waals surface area contributed by atoms with Crippen molar-refractivity contribution in [3.05, 3.63) is 63.2 Å². The number of hydrogen-bond acceptors (Lipinski definition) is 7.